The number of rotatable bonds is 6. The van der Waals surface area contributed by atoms with Crippen molar-refractivity contribution in [1.82, 2.24) is 20.0 Å². The normalized spacial score (nSPS) is 19.8. The maximum Gasteiger partial charge on any atom is 0.249 e. The molecule has 26 heavy (non-hydrogen) atoms. The van der Waals surface area contributed by atoms with Gasteiger partial charge in [0.1, 0.15) is 5.75 Å². The second kappa shape index (κ2) is 8.03. The largest absolute Gasteiger partial charge is 0.493 e. The van der Waals surface area contributed by atoms with Gasteiger partial charge in [0, 0.05) is 26.0 Å². The lowest BCUT2D eigenvalue weighted by molar-refractivity contribution is -0.141. The third-order valence-electron chi connectivity index (χ3n) is 4.74. The van der Waals surface area contributed by atoms with Crippen LogP contribution in [0, 0.1) is 0 Å². The van der Waals surface area contributed by atoms with E-state index in [2.05, 4.69) is 10.4 Å². The molecule has 0 spiro atoms. The van der Waals surface area contributed by atoms with E-state index in [0.717, 1.165) is 12.2 Å². The number of hydrogen-bond acceptors (Lipinski definition) is 4. The highest BCUT2D eigenvalue weighted by molar-refractivity contribution is 5.86. The Morgan fingerprint density at radius 2 is 2.08 bits per heavy atom. The number of carbonyl (C=O) groups excluding carboxylic acids is 2. The molecule has 1 aliphatic heterocycles. The average Bonchev–Trinajstić information content (AvgIpc) is 3.23. The molecule has 0 bridgehead atoms. The fourth-order valence-corrected chi connectivity index (χ4v) is 3.41. The van der Waals surface area contributed by atoms with Crippen molar-refractivity contribution in [3.05, 3.63) is 48.8 Å². The number of piperidine rings is 1. The predicted molar refractivity (Wildman–Crippen MR) is 96.6 cm³/mol. The van der Waals surface area contributed by atoms with Gasteiger partial charge in [-0.25, -0.2) is 0 Å². The van der Waals surface area contributed by atoms with Crippen LogP contribution in [0.4, 0.5) is 0 Å². The van der Waals surface area contributed by atoms with E-state index >= 15 is 0 Å². The van der Waals surface area contributed by atoms with Crippen molar-refractivity contribution in [3.63, 3.8) is 0 Å². The van der Waals surface area contributed by atoms with Gasteiger partial charge in [-0.05, 0) is 31.0 Å². The maximum atomic E-state index is 12.6. The lowest BCUT2D eigenvalue weighted by Gasteiger charge is -2.41. The highest BCUT2D eigenvalue weighted by Crippen LogP contribution is 2.29. The minimum Gasteiger partial charge on any atom is -0.493 e. The number of benzene rings is 1. The van der Waals surface area contributed by atoms with Crippen LogP contribution in [0.2, 0.25) is 0 Å². The number of nitrogens with zero attached hydrogens (tertiary/aromatic N) is 3. The van der Waals surface area contributed by atoms with Crippen LogP contribution in [0.3, 0.4) is 0 Å². The number of amides is 2. The first kappa shape index (κ1) is 18.0. The zero-order valence-electron chi connectivity index (χ0n) is 14.9. The Morgan fingerprint density at radius 3 is 2.77 bits per heavy atom. The van der Waals surface area contributed by atoms with Crippen LogP contribution in [-0.4, -0.2) is 53.2 Å². The molecule has 1 aliphatic rings. The highest BCUT2D eigenvalue weighted by atomic mass is 16.5. The third-order valence-corrected chi connectivity index (χ3v) is 4.74. The summed E-state index contributed by atoms with van der Waals surface area (Å²) in [6, 6.07) is 11.2. The Hall–Kier alpha value is -2.83. The number of ether oxygens (including phenoxy) is 1. The molecule has 2 heterocycles. The quantitative estimate of drug-likeness (QED) is 0.849. The molecule has 7 heteroatoms. The number of likely N-dealkylation sites (tertiary alicyclic amines) is 1. The van der Waals surface area contributed by atoms with Gasteiger partial charge in [-0.15, -0.1) is 0 Å². The minimum atomic E-state index is -0.855. The molecule has 1 fully saturated rings. The first-order valence-electron chi connectivity index (χ1n) is 8.84. The van der Waals surface area contributed by atoms with Crippen LogP contribution in [-0.2, 0) is 15.1 Å². The van der Waals surface area contributed by atoms with Crippen molar-refractivity contribution in [3.8, 4) is 5.75 Å². The molecule has 1 aromatic heterocycles. The summed E-state index contributed by atoms with van der Waals surface area (Å²) >= 11 is 0. The van der Waals surface area contributed by atoms with Crippen molar-refractivity contribution >= 4 is 11.8 Å². The molecule has 2 amide bonds. The van der Waals surface area contributed by atoms with Crippen molar-refractivity contribution in [2.75, 3.05) is 26.7 Å². The highest BCUT2D eigenvalue weighted by Gasteiger charge is 2.45. The third kappa shape index (κ3) is 3.71. The van der Waals surface area contributed by atoms with E-state index in [1.54, 1.807) is 35.1 Å². The van der Waals surface area contributed by atoms with Crippen LogP contribution in [0.25, 0.3) is 0 Å². The summed E-state index contributed by atoms with van der Waals surface area (Å²) in [6.45, 7) is 1.27. The summed E-state index contributed by atoms with van der Waals surface area (Å²) < 4.78 is 7.29. The van der Waals surface area contributed by atoms with Gasteiger partial charge in [0.05, 0.1) is 19.6 Å². The smallest absolute Gasteiger partial charge is 0.249 e. The number of likely N-dealkylation sites (N-methyl/N-ethyl adjacent to an activating group) is 1. The SMILES string of the molecule is CNC(=O)C1(n2cccn2)CCCN(C(=O)CCOc2ccccc2)C1. The molecule has 138 valence electrons. The van der Waals surface area contributed by atoms with Gasteiger partial charge in [0.15, 0.2) is 5.54 Å². The standard InChI is InChI=1S/C19H24N4O3/c1-20-18(25)19(23-13-6-11-21-23)10-5-12-22(15-19)17(24)9-14-26-16-7-3-2-4-8-16/h2-4,6-8,11,13H,5,9-10,12,14-15H2,1H3,(H,20,25). The summed E-state index contributed by atoms with van der Waals surface area (Å²) in [7, 11) is 1.61. The molecule has 1 atom stereocenters. The molecule has 1 unspecified atom stereocenters. The van der Waals surface area contributed by atoms with Crippen LogP contribution in [0.5, 0.6) is 5.75 Å². The fraction of sp³-hybridized carbons (Fsp3) is 0.421. The van der Waals surface area contributed by atoms with Gasteiger partial charge in [-0.3, -0.25) is 14.3 Å². The molecule has 0 radical (unpaired) electrons. The Morgan fingerprint density at radius 1 is 1.27 bits per heavy atom. The number of hydrogen-bond donors (Lipinski definition) is 1. The Labute approximate surface area is 152 Å². The minimum absolute atomic E-state index is 0.0129. The summed E-state index contributed by atoms with van der Waals surface area (Å²) in [6.07, 6.45) is 5.11. The molecule has 0 aliphatic carbocycles. The van der Waals surface area contributed by atoms with Gasteiger partial charge in [0.25, 0.3) is 0 Å². The zero-order valence-corrected chi connectivity index (χ0v) is 14.9. The van der Waals surface area contributed by atoms with Gasteiger partial charge < -0.3 is 15.0 Å². The monoisotopic (exact) mass is 356 g/mol. The first-order valence-corrected chi connectivity index (χ1v) is 8.84. The van der Waals surface area contributed by atoms with Crippen LogP contribution in [0.1, 0.15) is 19.3 Å². The number of aromatic nitrogens is 2. The van der Waals surface area contributed by atoms with Crippen molar-refractivity contribution in [1.29, 1.82) is 0 Å². The van der Waals surface area contributed by atoms with E-state index in [0.29, 0.717) is 26.1 Å². The Balaban J connectivity index is 1.64. The lowest BCUT2D eigenvalue weighted by Crippen LogP contribution is -2.59. The average molecular weight is 356 g/mol. The summed E-state index contributed by atoms with van der Waals surface area (Å²) in [5, 5.41) is 7.00. The molecule has 1 aromatic carbocycles. The molecule has 3 rings (SSSR count). The van der Waals surface area contributed by atoms with Gasteiger partial charge >= 0.3 is 0 Å². The van der Waals surface area contributed by atoms with Crippen molar-refractivity contribution in [2.24, 2.45) is 0 Å². The van der Waals surface area contributed by atoms with Gasteiger partial charge in [-0.1, -0.05) is 18.2 Å². The van der Waals surface area contributed by atoms with Crippen molar-refractivity contribution in [2.45, 2.75) is 24.8 Å². The molecule has 1 saturated heterocycles. The lowest BCUT2D eigenvalue weighted by atomic mass is 9.87. The second-order valence-electron chi connectivity index (χ2n) is 6.39. The second-order valence-corrected chi connectivity index (χ2v) is 6.39. The van der Waals surface area contributed by atoms with Gasteiger partial charge in [-0.2, -0.15) is 5.10 Å². The molecule has 2 aromatic rings. The number of para-hydroxylation sites is 1. The molecular formula is C19H24N4O3. The number of nitrogens with one attached hydrogen (secondary N) is 1. The maximum absolute atomic E-state index is 12.6. The summed E-state index contributed by atoms with van der Waals surface area (Å²) in [4.78, 5) is 27.0. The number of carbonyl (C=O) groups is 2. The topological polar surface area (TPSA) is 76.5 Å². The van der Waals surface area contributed by atoms with E-state index < -0.39 is 5.54 Å². The Bertz CT molecular complexity index is 733. The molecule has 1 N–H and O–H groups in total. The van der Waals surface area contributed by atoms with Crippen LogP contribution >= 0.6 is 0 Å². The first-order chi connectivity index (χ1) is 12.7. The van der Waals surface area contributed by atoms with Gasteiger partial charge in [0.2, 0.25) is 11.8 Å². The van der Waals surface area contributed by atoms with E-state index in [4.69, 9.17) is 4.74 Å². The molecule has 0 saturated carbocycles. The molecule has 7 nitrogen and oxygen atoms in total. The van der Waals surface area contributed by atoms with E-state index in [1.165, 1.54) is 0 Å². The Kier molecular flexibility index (Phi) is 5.55. The van der Waals surface area contributed by atoms with Crippen molar-refractivity contribution < 1.29 is 14.3 Å². The van der Waals surface area contributed by atoms with E-state index in [1.807, 2.05) is 30.3 Å². The summed E-state index contributed by atoms with van der Waals surface area (Å²) in [5.74, 6) is 0.607. The zero-order chi connectivity index (χ0) is 18.4. The summed E-state index contributed by atoms with van der Waals surface area (Å²) in [5.41, 5.74) is -0.855. The molecular weight excluding hydrogens is 332 g/mol. The van der Waals surface area contributed by atoms with Crippen LogP contribution in [0.15, 0.2) is 48.8 Å². The van der Waals surface area contributed by atoms with E-state index in [-0.39, 0.29) is 18.2 Å². The van der Waals surface area contributed by atoms with E-state index in [9.17, 15) is 9.59 Å². The predicted octanol–water partition coefficient (Wildman–Crippen LogP) is 1.42. The van der Waals surface area contributed by atoms with Crippen LogP contribution < -0.4 is 10.1 Å². The fourth-order valence-electron chi connectivity index (χ4n) is 3.41.